The number of benzene rings is 2. The SMILES string of the molecule is COc1cc2c(cc1OCCN1CCC(N3CCCCC3)CC1)N(C(=O)/C=C/c1ccccc1Cl)CC2. The maximum absolute atomic E-state index is 13.0. The highest BCUT2D eigenvalue weighted by molar-refractivity contribution is 6.32. The van der Waals surface area contributed by atoms with E-state index in [2.05, 4.69) is 9.80 Å². The molecule has 0 atom stereocenters. The number of hydrogen-bond acceptors (Lipinski definition) is 5. The first-order valence-electron chi connectivity index (χ1n) is 13.7. The number of methoxy groups -OCH3 is 1. The van der Waals surface area contributed by atoms with Gasteiger partial charge in [0.15, 0.2) is 11.5 Å². The Morgan fingerprint density at radius 2 is 1.81 bits per heavy atom. The molecule has 6 nitrogen and oxygen atoms in total. The van der Waals surface area contributed by atoms with Gasteiger partial charge in [-0.2, -0.15) is 0 Å². The van der Waals surface area contributed by atoms with E-state index in [1.54, 1.807) is 24.2 Å². The van der Waals surface area contributed by atoms with E-state index in [9.17, 15) is 4.79 Å². The number of hydrogen-bond donors (Lipinski definition) is 0. The number of carbonyl (C=O) groups excluding carboxylic acids is 1. The minimum absolute atomic E-state index is 0.0636. The fourth-order valence-corrected chi connectivity index (χ4v) is 6.03. The lowest BCUT2D eigenvalue weighted by Crippen LogP contribution is -2.47. The number of anilines is 1. The number of piperidine rings is 2. The van der Waals surface area contributed by atoms with Gasteiger partial charge in [-0.1, -0.05) is 36.2 Å². The van der Waals surface area contributed by atoms with Crippen LogP contribution < -0.4 is 14.4 Å². The normalized spacial score (nSPS) is 19.4. The molecule has 0 bridgehead atoms. The summed E-state index contributed by atoms with van der Waals surface area (Å²) in [6, 6.07) is 12.2. The molecule has 0 unspecified atom stereocenters. The van der Waals surface area contributed by atoms with Crippen molar-refractivity contribution in [1.29, 1.82) is 0 Å². The topological polar surface area (TPSA) is 45.3 Å². The lowest BCUT2D eigenvalue weighted by atomic mass is 10.00. The molecule has 0 aromatic heterocycles. The van der Waals surface area contributed by atoms with Crippen LogP contribution in [0.2, 0.25) is 5.02 Å². The smallest absolute Gasteiger partial charge is 0.251 e. The van der Waals surface area contributed by atoms with Gasteiger partial charge in [0.1, 0.15) is 6.61 Å². The van der Waals surface area contributed by atoms with E-state index in [1.165, 1.54) is 45.2 Å². The second kappa shape index (κ2) is 12.3. The van der Waals surface area contributed by atoms with Crippen LogP contribution in [0.15, 0.2) is 42.5 Å². The quantitative estimate of drug-likeness (QED) is 0.440. The van der Waals surface area contributed by atoms with Crippen molar-refractivity contribution in [2.75, 3.05) is 57.9 Å². The van der Waals surface area contributed by atoms with Gasteiger partial charge in [-0.15, -0.1) is 0 Å². The molecule has 7 heteroatoms. The molecular weight excluding hydrogens is 486 g/mol. The summed E-state index contributed by atoms with van der Waals surface area (Å²) in [7, 11) is 1.67. The van der Waals surface area contributed by atoms with Gasteiger partial charge < -0.3 is 19.3 Å². The predicted molar refractivity (Wildman–Crippen MR) is 150 cm³/mol. The zero-order valence-corrected chi connectivity index (χ0v) is 22.6. The standard InChI is InChI=1S/C30H38ClN3O3/c1-36-28-21-24-11-18-34(30(35)10-9-23-7-3-4-8-26(23)31)27(24)22-29(28)37-20-19-32-16-12-25(13-17-32)33-14-5-2-6-15-33/h3-4,7-10,21-22,25H,2,5-6,11-20H2,1H3/b10-9+. The Balaban J connectivity index is 1.17. The van der Waals surface area contributed by atoms with Crippen molar-refractivity contribution in [3.8, 4) is 11.5 Å². The van der Waals surface area contributed by atoms with Crippen molar-refractivity contribution in [3.63, 3.8) is 0 Å². The van der Waals surface area contributed by atoms with E-state index >= 15 is 0 Å². The minimum Gasteiger partial charge on any atom is -0.493 e. The first-order chi connectivity index (χ1) is 18.1. The Morgan fingerprint density at radius 1 is 1.03 bits per heavy atom. The zero-order chi connectivity index (χ0) is 25.6. The third kappa shape index (κ3) is 6.31. The number of amides is 1. The Morgan fingerprint density at radius 3 is 2.57 bits per heavy atom. The molecule has 0 saturated carbocycles. The summed E-state index contributed by atoms with van der Waals surface area (Å²) in [4.78, 5) is 20.1. The number of carbonyl (C=O) groups is 1. The molecule has 1 amide bonds. The van der Waals surface area contributed by atoms with E-state index in [4.69, 9.17) is 21.1 Å². The number of halogens is 1. The molecular formula is C30H38ClN3O3. The highest BCUT2D eigenvalue weighted by Gasteiger charge is 2.27. The van der Waals surface area contributed by atoms with E-state index in [1.807, 2.05) is 36.4 Å². The molecule has 3 aliphatic heterocycles. The molecule has 0 spiro atoms. The molecule has 198 valence electrons. The largest absolute Gasteiger partial charge is 0.493 e. The number of rotatable bonds is 8. The van der Waals surface area contributed by atoms with Crippen molar-refractivity contribution < 1.29 is 14.3 Å². The van der Waals surface area contributed by atoms with Crippen molar-refractivity contribution in [3.05, 3.63) is 58.6 Å². The molecule has 3 heterocycles. The molecule has 5 rings (SSSR count). The van der Waals surface area contributed by atoms with Gasteiger partial charge in [0.05, 0.1) is 12.8 Å². The number of ether oxygens (including phenoxy) is 2. The summed E-state index contributed by atoms with van der Waals surface area (Å²) in [5.41, 5.74) is 2.83. The van der Waals surface area contributed by atoms with Gasteiger partial charge in [0, 0.05) is 36.3 Å². The van der Waals surface area contributed by atoms with Crippen LogP contribution in [-0.4, -0.2) is 74.7 Å². The molecule has 2 saturated heterocycles. The number of likely N-dealkylation sites (tertiary alicyclic amines) is 2. The van der Waals surface area contributed by atoms with Crippen LogP contribution in [0.3, 0.4) is 0 Å². The Kier molecular flexibility index (Phi) is 8.70. The number of fused-ring (bicyclic) bond motifs is 1. The average Bonchev–Trinajstić information content (AvgIpc) is 3.35. The maximum Gasteiger partial charge on any atom is 0.251 e. The van der Waals surface area contributed by atoms with Gasteiger partial charge in [-0.25, -0.2) is 0 Å². The molecule has 2 fully saturated rings. The van der Waals surface area contributed by atoms with Gasteiger partial charge in [-0.05, 0) is 87.6 Å². The summed E-state index contributed by atoms with van der Waals surface area (Å²) < 4.78 is 11.9. The minimum atomic E-state index is -0.0636. The molecule has 0 radical (unpaired) electrons. The summed E-state index contributed by atoms with van der Waals surface area (Å²) in [5, 5.41) is 0.629. The molecule has 0 aliphatic carbocycles. The van der Waals surface area contributed by atoms with Gasteiger partial charge >= 0.3 is 0 Å². The first-order valence-corrected chi connectivity index (χ1v) is 14.0. The summed E-state index contributed by atoms with van der Waals surface area (Å²) >= 11 is 6.24. The summed E-state index contributed by atoms with van der Waals surface area (Å²) in [5.74, 6) is 1.36. The van der Waals surface area contributed by atoms with Crippen LogP contribution in [0.5, 0.6) is 11.5 Å². The second-order valence-electron chi connectivity index (χ2n) is 10.2. The molecule has 2 aromatic carbocycles. The van der Waals surface area contributed by atoms with Crippen molar-refractivity contribution in [1.82, 2.24) is 9.80 Å². The van der Waals surface area contributed by atoms with Crippen molar-refractivity contribution in [2.24, 2.45) is 0 Å². The van der Waals surface area contributed by atoms with E-state index in [0.29, 0.717) is 23.9 Å². The van der Waals surface area contributed by atoms with Crippen molar-refractivity contribution in [2.45, 2.75) is 44.6 Å². The maximum atomic E-state index is 13.0. The van der Waals surface area contributed by atoms with E-state index in [0.717, 1.165) is 54.7 Å². The monoisotopic (exact) mass is 523 g/mol. The van der Waals surface area contributed by atoms with Crippen LogP contribution >= 0.6 is 11.6 Å². The third-order valence-corrected chi connectivity index (χ3v) is 8.31. The summed E-state index contributed by atoms with van der Waals surface area (Å²) in [6.07, 6.45) is 10.8. The highest BCUT2D eigenvalue weighted by atomic mass is 35.5. The second-order valence-corrected chi connectivity index (χ2v) is 10.7. The molecule has 37 heavy (non-hydrogen) atoms. The highest BCUT2D eigenvalue weighted by Crippen LogP contribution is 2.39. The van der Waals surface area contributed by atoms with Crippen LogP contribution in [0.25, 0.3) is 6.08 Å². The Bertz CT molecular complexity index is 1110. The molecule has 0 N–H and O–H groups in total. The number of nitrogens with zero attached hydrogens (tertiary/aromatic N) is 3. The molecule has 3 aliphatic rings. The first kappa shape index (κ1) is 26.1. The fraction of sp³-hybridized carbons (Fsp3) is 0.500. The van der Waals surface area contributed by atoms with Gasteiger partial charge in [0.2, 0.25) is 0 Å². The van der Waals surface area contributed by atoms with E-state index < -0.39 is 0 Å². The van der Waals surface area contributed by atoms with E-state index in [-0.39, 0.29) is 5.91 Å². The Labute approximate surface area is 225 Å². The van der Waals surface area contributed by atoms with Gasteiger partial charge in [-0.3, -0.25) is 9.69 Å². The van der Waals surface area contributed by atoms with Gasteiger partial charge in [0.25, 0.3) is 5.91 Å². The molecule has 2 aromatic rings. The van der Waals surface area contributed by atoms with Crippen LogP contribution in [0.1, 0.15) is 43.2 Å². The lowest BCUT2D eigenvalue weighted by Gasteiger charge is -2.40. The predicted octanol–water partition coefficient (Wildman–Crippen LogP) is 5.28. The average molecular weight is 524 g/mol. The third-order valence-electron chi connectivity index (χ3n) is 7.97. The van der Waals surface area contributed by atoms with Crippen molar-refractivity contribution >= 4 is 29.3 Å². The zero-order valence-electron chi connectivity index (χ0n) is 21.8. The summed E-state index contributed by atoms with van der Waals surface area (Å²) in [6.45, 7) is 6.96. The van der Waals surface area contributed by atoms with Crippen LogP contribution in [0, 0.1) is 0 Å². The lowest BCUT2D eigenvalue weighted by molar-refractivity contribution is -0.114. The van der Waals surface area contributed by atoms with Crippen LogP contribution in [0.4, 0.5) is 5.69 Å². The Hall–Kier alpha value is -2.54. The van der Waals surface area contributed by atoms with Crippen LogP contribution in [-0.2, 0) is 11.2 Å². The fourth-order valence-electron chi connectivity index (χ4n) is 5.83.